The molecule has 0 radical (unpaired) electrons. The highest BCUT2D eigenvalue weighted by Gasteiger charge is 2.08. The molecule has 0 aliphatic heterocycles. The van der Waals surface area contributed by atoms with Crippen molar-refractivity contribution in [3.05, 3.63) is 29.8 Å². The molecule has 1 rings (SSSR count). The minimum absolute atomic E-state index is 0.0400. The zero-order valence-electron chi connectivity index (χ0n) is 8.69. The summed E-state index contributed by atoms with van der Waals surface area (Å²) in [6, 6.07) is 6.26. The molecule has 0 amide bonds. The summed E-state index contributed by atoms with van der Waals surface area (Å²) in [6.45, 7) is 5.92. The van der Waals surface area contributed by atoms with Crippen LogP contribution in [0.3, 0.4) is 0 Å². The molecule has 0 saturated heterocycles. The molecule has 0 aliphatic rings. The highest BCUT2D eigenvalue weighted by Crippen LogP contribution is 2.10. The Morgan fingerprint density at radius 3 is 2.29 bits per heavy atom. The Bertz CT molecular complexity index is 369. The van der Waals surface area contributed by atoms with Gasteiger partial charge in [0.25, 0.3) is 10.1 Å². The number of aryl methyl sites for hydroxylation is 1. The number of hydrogen-bond donors (Lipinski definition) is 1. The molecule has 3 nitrogen and oxygen atoms in total. The Labute approximate surface area is 85.5 Å². The maximum absolute atomic E-state index is 10.7. The van der Waals surface area contributed by atoms with Gasteiger partial charge in [0.1, 0.15) is 0 Å². The molecule has 1 N–H and O–H groups in total. The maximum Gasteiger partial charge on any atom is 0.294 e. The van der Waals surface area contributed by atoms with Gasteiger partial charge < -0.3 is 0 Å². The summed E-state index contributed by atoms with van der Waals surface area (Å²) in [4.78, 5) is -0.0400. The second-order valence-electron chi connectivity index (χ2n) is 2.48. The standard InChI is InChI=1S/C8H10O3S.C2H6/c1-2-7-4-3-5-8(6-7)12(9,10)11;1-2/h3-6H,2H2,1H3,(H,9,10,11);1-2H3. The first-order valence-electron chi connectivity index (χ1n) is 4.60. The van der Waals surface area contributed by atoms with Gasteiger partial charge in [-0.25, -0.2) is 0 Å². The molecule has 0 spiro atoms. The highest BCUT2D eigenvalue weighted by atomic mass is 32.2. The lowest BCUT2D eigenvalue weighted by Gasteiger charge is -1.98. The predicted octanol–water partition coefficient (Wildman–Crippen LogP) is 2.52. The van der Waals surface area contributed by atoms with Gasteiger partial charge in [-0.05, 0) is 24.1 Å². The van der Waals surface area contributed by atoms with Gasteiger partial charge in [0.15, 0.2) is 0 Å². The van der Waals surface area contributed by atoms with E-state index in [1.807, 2.05) is 26.8 Å². The second kappa shape index (κ2) is 5.78. The Morgan fingerprint density at radius 2 is 1.86 bits per heavy atom. The molecule has 0 aliphatic carbocycles. The largest absolute Gasteiger partial charge is 0.294 e. The van der Waals surface area contributed by atoms with Crippen molar-refractivity contribution in [2.45, 2.75) is 32.1 Å². The Kier molecular flexibility index (Phi) is 5.42. The van der Waals surface area contributed by atoms with Crippen molar-refractivity contribution in [1.82, 2.24) is 0 Å². The molecule has 0 unspecified atom stereocenters. The van der Waals surface area contributed by atoms with Gasteiger partial charge in [-0.2, -0.15) is 8.42 Å². The van der Waals surface area contributed by atoms with Crippen molar-refractivity contribution in [2.75, 3.05) is 0 Å². The summed E-state index contributed by atoms with van der Waals surface area (Å²) >= 11 is 0. The minimum Gasteiger partial charge on any atom is -0.282 e. The monoisotopic (exact) mass is 216 g/mol. The summed E-state index contributed by atoms with van der Waals surface area (Å²) in [7, 11) is -4.04. The molecule has 80 valence electrons. The van der Waals surface area contributed by atoms with Gasteiger partial charge in [0.2, 0.25) is 0 Å². The smallest absolute Gasteiger partial charge is 0.282 e. The van der Waals surface area contributed by atoms with Crippen molar-refractivity contribution >= 4 is 10.1 Å². The van der Waals surface area contributed by atoms with E-state index in [-0.39, 0.29) is 4.90 Å². The lowest BCUT2D eigenvalue weighted by atomic mass is 10.2. The fourth-order valence-corrected chi connectivity index (χ4v) is 1.48. The zero-order chi connectivity index (χ0) is 11.2. The quantitative estimate of drug-likeness (QED) is 0.773. The summed E-state index contributed by atoms with van der Waals surface area (Å²) in [5, 5.41) is 0. The van der Waals surface area contributed by atoms with Gasteiger partial charge in [0, 0.05) is 0 Å². The van der Waals surface area contributed by atoms with Crippen LogP contribution in [0.1, 0.15) is 26.3 Å². The Morgan fingerprint density at radius 1 is 1.29 bits per heavy atom. The van der Waals surface area contributed by atoms with Gasteiger partial charge in [0.05, 0.1) is 4.90 Å². The predicted molar refractivity (Wildman–Crippen MR) is 57.0 cm³/mol. The maximum atomic E-state index is 10.7. The van der Waals surface area contributed by atoms with Crippen molar-refractivity contribution in [3.8, 4) is 0 Å². The van der Waals surface area contributed by atoms with Gasteiger partial charge in [-0.3, -0.25) is 4.55 Å². The summed E-state index contributed by atoms with van der Waals surface area (Å²) in [6.07, 6.45) is 0.753. The number of benzene rings is 1. The lowest BCUT2D eigenvalue weighted by molar-refractivity contribution is 0.483. The molecule has 0 saturated carbocycles. The molecule has 0 fully saturated rings. The van der Waals surface area contributed by atoms with E-state index in [2.05, 4.69) is 0 Å². The molecule has 0 heterocycles. The topological polar surface area (TPSA) is 54.4 Å². The molecule has 1 aromatic rings. The molecule has 0 aromatic heterocycles. The third-order valence-corrected chi connectivity index (χ3v) is 2.45. The second-order valence-corrected chi connectivity index (χ2v) is 3.90. The lowest BCUT2D eigenvalue weighted by Crippen LogP contribution is -1.98. The van der Waals surface area contributed by atoms with Crippen LogP contribution in [0.4, 0.5) is 0 Å². The fraction of sp³-hybridized carbons (Fsp3) is 0.400. The van der Waals surface area contributed by atoms with Crippen molar-refractivity contribution < 1.29 is 13.0 Å². The average molecular weight is 216 g/mol. The van der Waals surface area contributed by atoms with Gasteiger partial charge >= 0.3 is 0 Å². The first-order chi connectivity index (χ1) is 6.54. The molecule has 14 heavy (non-hydrogen) atoms. The van der Waals surface area contributed by atoms with Crippen LogP contribution in [-0.4, -0.2) is 13.0 Å². The normalized spacial score (nSPS) is 10.3. The number of rotatable bonds is 2. The Balaban J connectivity index is 0.000000791. The fourth-order valence-electron chi connectivity index (χ4n) is 0.926. The Hall–Kier alpha value is -0.870. The summed E-state index contributed by atoms with van der Waals surface area (Å²) < 4.78 is 30.0. The van der Waals surface area contributed by atoms with E-state index < -0.39 is 10.1 Å². The van der Waals surface area contributed by atoms with E-state index >= 15 is 0 Å². The van der Waals surface area contributed by atoms with Crippen LogP contribution in [0.2, 0.25) is 0 Å². The first-order valence-corrected chi connectivity index (χ1v) is 6.04. The van der Waals surface area contributed by atoms with Crippen LogP contribution in [0, 0.1) is 0 Å². The van der Waals surface area contributed by atoms with Crippen LogP contribution in [0.25, 0.3) is 0 Å². The molecular weight excluding hydrogens is 200 g/mol. The summed E-state index contributed by atoms with van der Waals surface area (Å²) in [5.41, 5.74) is 0.894. The third kappa shape index (κ3) is 3.89. The van der Waals surface area contributed by atoms with Crippen LogP contribution in [0.5, 0.6) is 0 Å². The molecule has 4 heteroatoms. The van der Waals surface area contributed by atoms with Crippen LogP contribution in [-0.2, 0) is 16.5 Å². The van der Waals surface area contributed by atoms with E-state index in [9.17, 15) is 8.42 Å². The SMILES string of the molecule is CC.CCc1cccc(S(=O)(=O)O)c1. The van der Waals surface area contributed by atoms with E-state index in [1.54, 1.807) is 6.07 Å². The molecular formula is C10H16O3S. The van der Waals surface area contributed by atoms with E-state index in [4.69, 9.17) is 4.55 Å². The third-order valence-electron chi connectivity index (χ3n) is 1.60. The summed E-state index contributed by atoms with van der Waals surface area (Å²) in [5.74, 6) is 0. The van der Waals surface area contributed by atoms with Gasteiger partial charge in [-0.1, -0.05) is 32.9 Å². The van der Waals surface area contributed by atoms with Crippen LogP contribution >= 0.6 is 0 Å². The van der Waals surface area contributed by atoms with Crippen molar-refractivity contribution in [1.29, 1.82) is 0 Å². The van der Waals surface area contributed by atoms with E-state index in [0.717, 1.165) is 12.0 Å². The highest BCUT2D eigenvalue weighted by molar-refractivity contribution is 7.85. The number of hydrogen-bond acceptors (Lipinski definition) is 2. The molecule has 0 bridgehead atoms. The van der Waals surface area contributed by atoms with Crippen LogP contribution in [0.15, 0.2) is 29.2 Å². The minimum atomic E-state index is -4.04. The van der Waals surface area contributed by atoms with Gasteiger partial charge in [-0.15, -0.1) is 0 Å². The molecule has 0 atom stereocenters. The molecule has 1 aromatic carbocycles. The van der Waals surface area contributed by atoms with Crippen molar-refractivity contribution in [3.63, 3.8) is 0 Å². The zero-order valence-corrected chi connectivity index (χ0v) is 9.50. The first kappa shape index (κ1) is 13.1. The average Bonchev–Trinajstić information content (AvgIpc) is 2.20. The van der Waals surface area contributed by atoms with E-state index in [1.165, 1.54) is 12.1 Å². The van der Waals surface area contributed by atoms with E-state index in [0.29, 0.717) is 0 Å². The van der Waals surface area contributed by atoms with Crippen molar-refractivity contribution in [2.24, 2.45) is 0 Å². The van der Waals surface area contributed by atoms with Crippen LogP contribution < -0.4 is 0 Å².